The second-order valence-corrected chi connectivity index (χ2v) is 16.6. The van der Waals surface area contributed by atoms with Crippen LogP contribution in [0.5, 0.6) is 0 Å². The van der Waals surface area contributed by atoms with E-state index in [-0.39, 0.29) is 4.65 Å². The van der Waals surface area contributed by atoms with Crippen molar-refractivity contribution in [1.29, 1.82) is 0 Å². The minimum atomic E-state index is -4.25. The van der Waals surface area contributed by atoms with Crippen molar-refractivity contribution in [2.75, 3.05) is 0 Å². The van der Waals surface area contributed by atoms with Gasteiger partial charge in [0.1, 0.15) is 0 Å². The van der Waals surface area contributed by atoms with Crippen molar-refractivity contribution in [2.45, 2.75) is 33.5 Å². The Bertz CT molecular complexity index is 969. The maximum atomic E-state index is 14.4. The first-order valence-corrected chi connectivity index (χ1v) is 15.1. The minimum Gasteiger partial charge on any atom is -0.311 e. The SMILES string of the molecule is CC(C)=C=C(P(=O)(c1ccccc1)c1ccccc1)S(=O)(=O)O[Si](C)(C)C. The lowest BCUT2D eigenvalue weighted by Gasteiger charge is -2.24. The molecule has 2 aromatic carbocycles. The van der Waals surface area contributed by atoms with E-state index in [2.05, 4.69) is 5.73 Å². The molecule has 2 rings (SSSR count). The predicted molar refractivity (Wildman–Crippen MR) is 115 cm³/mol. The van der Waals surface area contributed by atoms with E-state index < -0.39 is 25.6 Å². The Hall–Kier alpha value is -1.68. The quantitative estimate of drug-likeness (QED) is 0.390. The second-order valence-electron chi connectivity index (χ2n) is 7.36. The number of rotatable bonds is 6. The molecule has 144 valence electrons. The van der Waals surface area contributed by atoms with E-state index in [9.17, 15) is 13.0 Å². The van der Waals surface area contributed by atoms with Crippen LogP contribution in [0, 0.1) is 0 Å². The van der Waals surface area contributed by atoms with Crippen LogP contribution in [0.15, 0.2) is 76.6 Å². The molecule has 27 heavy (non-hydrogen) atoms. The molecule has 0 amide bonds. The highest BCUT2D eigenvalue weighted by atomic mass is 32.2. The first-order valence-electron chi connectivity index (χ1n) is 8.58. The summed E-state index contributed by atoms with van der Waals surface area (Å²) in [4.78, 5) is 0. The van der Waals surface area contributed by atoms with Crippen molar-refractivity contribution in [2.24, 2.45) is 0 Å². The molecule has 0 bridgehead atoms. The molecule has 0 radical (unpaired) electrons. The topological polar surface area (TPSA) is 60.4 Å². The Morgan fingerprint density at radius 3 is 1.63 bits per heavy atom. The van der Waals surface area contributed by atoms with Gasteiger partial charge in [-0.05, 0) is 39.1 Å². The lowest BCUT2D eigenvalue weighted by molar-refractivity contribution is 0.495. The van der Waals surface area contributed by atoms with Gasteiger partial charge in [-0.1, -0.05) is 66.4 Å². The zero-order valence-corrected chi connectivity index (χ0v) is 19.0. The Labute approximate surface area is 163 Å². The Morgan fingerprint density at radius 1 is 0.889 bits per heavy atom. The van der Waals surface area contributed by atoms with Crippen molar-refractivity contribution < 1.29 is 16.9 Å². The summed E-state index contributed by atoms with van der Waals surface area (Å²) in [5.41, 5.74) is 3.47. The van der Waals surface area contributed by atoms with Crippen LogP contribution in [0.2, 0.25) is 19.6 Å². The maximum Gasteiger partial charge on any atom is 0.299 e. The summed E-state index contributed by atoms with van der Waals surface area (Å²) in [5, 5.41) is 0.866. The molecule has 0 aliphatic rings. The van der Waals surface area contributed by atoms with Crippen molar-refractivity contribution in [1.82, 2.24) is 0 Å². The van der Waals surface area contributed by atoms with Gasteiger partial charge in [-0.3, -0.25) is 0 Å². The summed E-state index contributed by atoms with van der Waals surface area (Å²) in [6, 6.07) is 17.3. The van der Waals surface area contributed by atoms with Gasteiger partial charge in [0.05, 0.1) is 0 Å². The molecule has 0 aromatic heterocycles. The van der Waals surface area contributed by atoms with Crippen molar-refractivity contribution in [3.63, 3.8) is 0 Å². The summed E-state index contributed by atoms with van der Waals surface area (Å²) in [7, 11) is -10.4. The van der Waals surface area contributed by atoms with Crippen LogP contribution < -0.4 is 10.6 Å². The van der Waals surface area contributed by atoms with Crippen LogP contribution in [0.4, 0.5) is 0 Å². The van der Waals surface area contributed by atoms with E-state index in [1.165, 1.54) is 0 Å². The standard InChI is InChI=1S/C20H25O4PSSi/c1-17(2)16-20(26(22,23)24-27(3,4)5)25(21,18-12-8-6-9-13-18)19-14-10-7-11-15-19/h6-15H,1-5H3. The first-order chi connectivity index (χ1) is 12.5. The van der Waals surface area contributed by atoms with Crippen LogP contribution in [0.1, 0.15) is 13.8 Å². The van der Waals surface area contributed by atoms with Gasteiger partial charge in [0.25, 0.3) is 10.1 Å². The summed E-state index contributed by atoms with van der Waals surface area (Å²) in [6.07, 6.45) is 0. The number of hydrogen-bond donors (Lipinski definition) is 0. The maximum absolute atomic E-state index is 14.4. The third kappa shape index (κ3) is 5.19. The van der Waals surface area contributed by atoms with Gasteiger partial charge < -0.3 is 8.44 Å². The second kappa shape index (κ2) is 8.13. The average Bonchev–Trinajstić information content (AvgIpc) is 2.58. The molecule has 0 atom stereocenters. The average molecular weight is 421 g/mol. The zero-order chi connectivity index (χ0) is 20.3. The van der Waals surface area contributed by atoms with Gasteiger partial charge in [-0.2, -0.15) is 8.42 Å². The van der Waals surface area contributed by atoms with E-state index in [4.69, 9.17) is 3.87 Å². The summed E-state index contributed by atoms with van der Waals surface area (Å²) >= 11 is 0. The molecule has 4 nitrogen and oxygen atoms in total. The fraction of sp³-hybridized carbons (Fsp3) is 0.250. The molecule has 0 aliphatic carbocycles. The van der Waals surface area contributed by atoms with Crippen LogP contribution in [0.3, 0.4) is 0 Å². The largest absolute Gasteiger partial charge is 0.311 e. The van der Waals surface area contributed by atoms with Crippen molar-refractivity contribution >= 4 is 36.2 Å². The third-order valence-corrected chi connectivity index (χ3v) is 11.1. The molecular weight excluding hydrogens is 395 g/mol. The van der Waals surface area contributed by atoms with Crippen LogP contribution >= 0.6 is 7.14 Å². The smallest absolute Gasteiger partial charge is 0.299 e. The molecule has 0 unspecified atom stereocenters. The monoisotopic (exact) mass is 420 g/mol. The molecule has 0 saturated heterocycles. The Kier molecular flexibility index (Phi) is 6.51. The molecule has 0 N–H and O–H groups in total. The van der Waals surface area contributed by atoms with Gasteiger partial charge in [0.15, 0.2) is 11.8 Å². The highest BCUT2D eigenvalue weighted by Gasteiger charge is 2.42. The van der Waals surface area contributed by atoms with Gasteiger partial charge >= 0.3 is 0 Å². The fourth-order valence-corrected chi connectivity index (χ4v) is 10.4. The fourth-order valence-electron chi connectivity index (χ4n) is 2.54. The molecule has 7 heteroatoms. The van der Waals surface area contributed by atoms with Gasteiger partial charge in [0, 0.05) is 10.6 Å². The van der Waals surface area contributed by atoms with Crippen molar-refractivity contribution in [3.8, 4) is 0 Å². The molecule has 2 aromatic rings. The molecule has 0 spiro atoms. The Morgan fingerprint density at radius 2 is 1.30 bits per heavy atom. The summed E-state index contributed by atoms with van der Waals surface area (Å²) in [6.45, 7) is 8.79. The highest BCUT2D eigenvalue weighted by Crippen LogP contribution is 2.54. The van der Waals surface area contributed by atoms with Crippen LogP contribution in [-0.4, -0.2) is 16.7 Å². The van der Waals surface area contributed by atoms with E-state index in [1.54, 1.807) is 94.2 Å². The number of hydrogen-bond acceptors (Lipinski definition) is 4. The predicted octanol–water partition coefficient (Wildman–Crippen LogP) is 4.59. The molecule has 0 saturated carbocycles. The van der Waals surface area contributed by atoms with Gasteiger partial charge in [0.2, 0.25) is 8.32 Å². The van der Waals surface area contributed by atoms with E-state index in [1.807, 2.05) is 0 Å². The lowest BCUT2D eigenvalue weighted by Crippen LogP contribution is -2.31. The zero-order valence-electron chi connectivity index (χ0n) is 16.3. The van der Waals surface area contributed by atoms with E-state index >= 15 is 0 Å². The van der Waals surface area contributed by atoms with Gasteiger partial charge in [-0.25, -0.2) is 0 Å². The molecule has 0 aliphatic heterocycles. The summed E-state index contributed by atoms with van der Waals surface area (Å²) in [5.74, 6) is 0. The van der Waals surface area contributed by atoms with E-state index in [0.717, 1.165) is 0 Å². The van der Waals surface area contributed by atoms with Gasteiger partial charge in [-0.15, -0.1) is 0 Å². The summed E-state index contributed by atoms with van der Waals surface area (Å²) < 4.78 is 46.0. The minimum absolute atomic E-state index is 0.296. The number of allylic oxidation sites excluding steroid dienone is 1. The molecular formula is C20H25O4PSSi. The Balaban J connectivity index is 2.91. The third-order valence-electron chi connectivity index (χ3n) is 3.48. The lowest BCUT2D eigenvalue weighted by atomic mass is 10.4. The van der Waals surface area contributed by atoms with Crippen LogP contribution in [-0.2, 0) is 18.6 Å². The highest BCUT2D eigenvalue weighted by molar-refractivity contribution is 8.06. The van der Waals surface area contributed by atoms with Crippen molar-refractivity contribution in [3.05, 3.63) is 76.6 Å². The molecule has 0 fully saturated rings. The van der Waals surface area contributed by atoms with Crippen LogP contribution in [0.25, 0.3) is 0 Å². The van der Waals surface area contributed by atoms with E-state index in [0.29, 0.717) is 16.2 Å². The number of benzene rings is 2. The first kappa shape index (κ1) is 21.6. The normalized spacial score (nSPS) is 12.3. The molecule has 0 heterocycles.